The number of esters is 1. The van der Waals surface area contributed by atoms with Gasteiger partial charge in [-0.25, -0.2) is 14.3 Å². The van der Waals surface area contributed by atoms with Gasteiger partial charge in [0.25, 0.3) is 5.56 Å². The summed E-state index contributed by atoms with van der Waals surface area (Å²) in [6.07, 6.45) is 0. The number of aryl methyl sites for hydroxylation is 2. The van der Waals surface area contributed by atoms with E-state index in [1.165, 1.54) is 11.7 Å². The van der Waals surface area contributed by atoms with E-state index in [-0.39, 0.29) is 35.1 Å². The predicted molar refractivity (Wildman–Crippen MR) is 188 cm³/mol. The van der Waals surface area contributed by atoms with Crippen LogP contribution in [0.3, 0.4) is 0 Å². The van der Waals surface area contributed by atoms with Crippen molar-refractivity contribution in [3.63, 3.8) is 0 Å². The quantitative estimate of drug-likeness (QED) is 0.143. The van der Waals surface area contributed by atoms with Crippen LogP contribution in [0.1, 0.15) is 59.2 Å². The lowest BCUT2D eigenvalue weighted by Crippen LogP contribution is -2.29. The number of carbonyl (C=O) groups excluding carboxylic acids is 2. The van der Waals surface area contributed by atoms with E-state index in [9.17, 15) is 19.5 Å². The van der Waals surface area contributed by atoms with Crippen molar-refractivity contribution in [2.75, 3.05) is 12.4 Å². The van der Waals surface area contributed by atoms with Crippen molar-refractivity contribution in [2.45, 2.75) is 53.2 Å². The molecule has 5 rings (SSSR count). The summed E-state index contributed by atoms with van der Waals surface area (Å²) in [6.45, 7) is 9.96. The van der Waals surface area contributed by atoms with Gasteiger partial charge in [0.05, 0.1) is 29.7 Å². The summed E-state index contributed by atoms with van der Waals surface area (Å²) < 4.78 is 14.0. The monoisotopic (exact) mass is 683 g/mol. The van der Waals surface area contributed by atoms with E-state index in [0.717, 1.165) is 22.4 Å². The molecule has 2 aromatic heterocycles. The van der Waals surface area contributed by atoms with Crippen molar-refractivity contribution in [1.82, 2.24) is 19.7 Å². The Hall–Kier alpha value is -5.55. The average molecular weight is 684 g/mol. The molecule has 0 saturated heterocycles. The molecule has 0 fully saturated rings. The molecule has 0 unspecified atom stereocenters. The summed E-state index contributed by atoms with van der Waals surface area (Å²) in [4.78, 5) is 38.7. The van der Waals surface area contributed by atoms with Gasteiger partial charge in [0.2, 0.25) is 0 Å². The minimum absolute atomic E-state index is 0.0848. The Morgan fingerprint density at radius 2 is 1.65 bits per heavy atom. The Bertz CT molecular complexity index is 2080. The van der Waals surface area contributed by atoms with Crippen LogP contribution in [0.4, 0.5) is 10.6 Å². The number of phenols is 1. The van der Waals surface area contributed by atoms with E-state index in [4.69, 9.17) is 26.2 Å². The van der Waals surface area contributed by atoms with E-state index in [2.05, 4.69) is 10.6 Å². The Morgan fingerprint density at radius 1 is 0.959 bits per heavy atom. The van der Waals surface area contributed by atoms with E-state index >= 15 is 0 Å². The number of nitrogens with one attached hydrogen (secondary N) is 2. The summed E-state index contributed by atoms with van der Waals surface area (Å²) in [5, 5.41) is 20.1. The number of carbonyl (C=O) groups is 2. The number of ether oxygens (including phenoxy) is 2. The summed E-state index contributed by atoms with van der Waals surface area (Å²) in [7, 11) is 1.30. The van der Waals surface area contributed by atoms with E-state index in [1.807, 2.05) is 58.0 Å². The highest BCUT2D eigenvalue weighted by Gasteiger charge is 2.22. The summed E-state index contributed by atoms with van der Waals surface area (Å²) in [5.74, 6) is 0.289. The van der Waals surface area contributed by atoms with Crippen molar-refractivity contribution in [1.29, 1.82) is 0 Å². The molecule has 2 heterocycles. The van der Waals surface area contributed by atoms with Crippen LogP contribution >= 0.6 is 11.6 Å². The number of hydrogen-bond acceptors (Lipinski definition) is 7. The molecule has 2 amide bonds. The summed E-state index contributed by atoms with van der Waals surface area (Å²) in [6, 6.07) is 22.0. The molecule has 0 saturated carbocycles. The maximum absolute atomic E-state index is 13.5. The van der Waals surface area contributed by atoms with E-state index < -0.39 is 17.6 Å². The lowest BCUT2D eigenvalue weighted by Gasteiger charge is -2.17. The third kappa shape index (κ3) is 7.79. The molecule has 3 aromatic carbocycles. The molecule has 0 radical (unpaired) electrons. The van der Waals surface area contributed by atoms with Crippen LogP contribution in [-0.4, -0.2) is 38.6 Å². The molecule has 11 nitrogen and oxygen atoms in total. The van der Waals surface area contributed by atoms with Crippen molar-refractivity contribution in [3.8, 4) is 22.9 Å². The maximum Gasteiger partial charge on any atom is 0.337 e. The first kappa shape index (κ1) is 34.8. The van der Waals surface area contributed by atoms with Gasteiger partial charge in [0, 0.05) is 29.8 Å². The smallest absolute Gasteiger partial charge is 0.337 e. The molecule has 3 N–H and O–H groups in total. The maximum atomic E-state index is 13.5. The second-order valence-electron chi connectivity index (χ2n) is 12.6. The highest BCUT2D eigenvalue weighted by Crippen LogP contribution is 2.28. The number of halogens is 1. The largest absolute Gasteiger partial charge is 0.508 e. The first-order chi connectivity index (χ1) is 23.3. The molecular formula is C37H38ClN5O6. The molecule has 0 spiro atoms. The number of pyridine rings is 1. The number of aromatic nitrogens is 3. The number of methoxy groups -OCH3 is 1. The number of phenolic OH excluding ortho intramolecular Hbond substituents is 1. The van der Waals surface area contributed by atoms with Crippen LogP contribution in [0.25, 0.3) is 11.4 Å². The van der Waals surface area contributed by atoms with Crippen LogP contribution < -0.4 is 20.9 Å². The number of hydrogen-bond donors (Lipinski definition) is 3. The Kier molecular flexibility index (Phi) is 10.1. The molecule has 5 aromatic rings. The second-order valence-corrected chi connectivity index (χ2v) is 12.9. The molecule has 0 atom stereocenters. The van der Waals surface area contributed by atoms with Gasteiger partial charge in [0.1, 0.15) is 28.9 Å². The van der Waals surface area contributed by atoms with Crippen molar-refractivity contribution >= 4 is 29.4 Å². The number of anilines is 1. The molecule has 12 heteroatoms. The van der Waals surface area contributed by atoms with Crippen molar-refractivity contribution < 1.29 is 24.2 Å². The Balaban J connectivity index is 1.31. The number of benzene rings is 3. The molecule has 0 aliphatic carbocycles. The number of nitrogens with zero attached hydrogens (tertiary/aromatic N) is 3. The van der Waals surface area contributed by atoms with Gasteiger partial charge < -0.3 is 19.9 Å². The zero-order chi connectivity index (χ0) is 35.5. The standard InChI is InChI=1S/C37H38ClN5O6/c1-22-11-12-24(35(46)48-6)18-29(22)42-23(2)17-30(33(38)34(42)45)49-21-26-10-8-7-9-25(26)20-39-36(47)40-32-19-31(37(3,4)5)41-43(32)27-13-15-28(44)16-14-27/h7-19,44H,20-21H2,1-6H3,(H2,39,40,47). The molecule has 0 bridgehead atoms. The van der Waals surface area contributed by atoms with Gasteiger partial charge in [0.15, 0.2) is 0 Å². The molecule has 49 heavy (non-hydrogen) atoms. The lowest BCUT2D eigenvalue weighted by molar-refractivity contribution is 0.0600. The minimum Gasteiger partial charge on any atom is -0.508 e. The van der Waals surface area contributed by atoms with Crippen LogP contribution in [0.5, 0.6) is 11.5 Å². The molecule has 254 valence electrons. The Morgan fingerprint density at radius 3 is 2.33 bits per heavy atom. The number of amides is 2. The number of aromatic hydroxyl groups is 1. The fourth-order valence-electron chi connectivity index (χ4n) is 5.17. The summed E-state index contributed by atoms with van der Waals surface area (Å²) >= 11 is 6.55. The van der Waals surface area contributed by atoms with E-state index in [0.29, 0.717) is 28.5 Å². The summed E-state index contributed by atoms with van der Waals surface area (Å²) in [5.41, 5.74) is 4.43. The normalized spacial score (nSPS) is 11.2. The minimum atomic E-state index is -0.515. The van der Waals surface area contributed by atoms with Crippen LogP contribution in [0, 0.1) is 13.8 Å². The topological polar surface area (TPSA) is 137 Å². The highest BCUT2D eigenvalue weighted by atomic mass is 35.5. The number of rotatable bonds is 9. The van der Waals surface area contributed by atoms with Gasteiger partial charge in [-0.1, -0.05) is 62.7 Å². The fraction of sp³-hybridized carbons (Fsp3) is 0.243. The molecule has 0 aliphatic rings. The molecular weight excluding hydrogens is 646 g/mol. The predicted octanol–water partition coefficient (Wildman–Crippen LogP) is 6.98. The zero-order valence-electron chi connectivity index (χ0n) is 28.1. The van der Waals surface area contributed by atoms with E-state index in [1.54, 1.807) is 60.1 Å². The van der Waals surface area contributed by atoms with Crippen LogP contribution in [-0.2, 0) is 23.3 Å². The van der Waals surface area contributed by atoms with Crippen molar-refractivity contribution in [2.24, 2.45) is 0 Å². The van der Waals surface area contributed by atoms with Crippen molar-refractivity contribution in [3.05, 3.63) is 128 Å². The molecule has 0 aliphatic heterocycles. The lowest BCUT2D eigenvalue weighted by atomic mass is 9.92. The third-order valence-corrected chi connectivity index (χ3v) is 8.27. The van der Waals surface area contributed by atoms with Gasteiger partial charge in [-0.15, -0.1) is 0 Å². The number of urea groups is 1. The van der Waals surface area contributed by atoms with Crippen LogP contribution in [0.2, 0.25) is 5.02 Å². The zero-order valence-corrected chi connectivity index (χ0v) is 28.9. The SMILES string of the molecule is COC(=O)c1ccc(C)c(-n2c(C)cc(OCc3ccccc3CNC(=O)Nc3cc(C(C)(C)C)nn3-c3ccc(O)cc3)c(Cl)c2=O)c1. The fourth-order valence-corrected chi connectivity index (χ4v) is 5.36. The van der Waals surface area contributed by atoms with Gasteiger partial charge >= 0.3 is 12.0 Å². The third-order valence-electron chi connectivity index (χ3n) is 7.93. The first-order valence-electron chi connectivity index (χ1n) is 15.5. The second kappa shape index (κ2) is 14.3. The highest BCUT2D eigenvalue weighted by molar-refractivity contribution is 6.31. The Labute approximate surface area is 289 Å². The van der Waals surface area contributed by atoms with Crippen LogP contribution in [0.15, 0.2) is 83.7 Å². The van der Waals surface area contributed by atoms with Gasteiger partial charge in [-0.2, -0.15) is 5.10 Å². The van der Waals surface area contributed by atoms with Gasteiger partial charge in [-0.3, -0.25) is 14.7 Å². The van der Waals surface area contributed by atoms with Gasteiger partial charge in [-0.05, 0) is 66.9 Å². The average Bonchev–Trinajstić information content (AvgIpc) is 3.50. The first-order valence-corrected chi connectivity index (χ1v) is 15.9.